The first kappa shape index (κ1) is 15.2. The molecule has 0 bridgehead atoms. The Kier molecular flexibility index (Phi) is 4.24. The van der Waals surface area contributed by atoms with Gasteiger partial charge in [-0.05, 0) is 41.3 Å². The third-order valence-corrected chi connectivity index (χ3v) is 5.04. The van der Waals surface area contributed by atoms with Crippen molar-refractivity contribution in [1.29, 1.82) is 0 Å². The van der Waals surface area contributed by atoms with E-state index in [0.717, 1.165) is 35.1 Å². The van der Waals surface area contributed by atoms with E-state index in [-0.39, 0.29) is 0 Å². The summed E-state index contributed by atoms with van der Waals surface area (Å²) in [4.78, 5) is 6.05. The number of fused-ring (bicyclic) bond motifs is 1. The Labute approximate surface area is 149 Å². The molecule has 0 saturated heterocycles. The minimum Gasteiger partial charge on any atom is -0.351 e. The van der Waals surface area contributed by atoms with Gasteiger partial charge in [-0.1, -0.05) is 41.9 Å². The zero-order valence-corrected chi connectivity index (χ0v) is 14.5. The molecule has 4 rings (SSSR count). The van der Waals surface area contributed by atoms with E-state index in [9.17, 15) is 0 Å². The molecule has 1 N–H and O–H groups in total. The average Bonchev–Trinajstić information content (AvgIpc) is 3.23. The van der Waals surface area contributed by atoms with Crippen LogP contribution in [-0.2, 0) is 13.1 Å². The zero-order chi connectivity index (χ0) is 16.4. The van der Waals surface area contributed by atoms with Crippen LogP contribution in [0.1, 0.15) is 10.4 Å². The highest BCUT2D eigenvalue weighted by atomic mass is 35.5. The quantitative estimate of drug-likeness (QED) is 0.519. The molecule has 2 aromatic carbocycles. The van der Waals surface area contributed by atoms with E-state index in [1.165, 1.54) is 10.4 Å². The number of para-hydroxylation sites is 2. The van der Waals surface area contributed by atoms with Crippen LogP contribution in [-0.4, -0.2) is 9.55 Å². The first-order chi connectivity index (χ1) is 11.8. The molecule has 0 radical (unpaired) electrons. The summed E-state index contributed by atoms with van der Waals surface area (Å²) in [6.45, 7) is 1.53. The molecule has 0 saturated carbocycles. The third kappa shape index (κ3) is 3.16. The number of thiophene rings is 1. The van der Waals surface area contributed by atoms with Gasteiger partial charge in [0.15, 0.2) is 0 Å². The van der Waals surface area contributed by atoms with E-state index in [1.54, 1.807) is 11.3 Å². The fraction of sp³-hybridized carbons (Fsp3) is 0.105. The second-order valence-electron chi connectivity index (χ2n) is 5.57. The second kappa shape index (κ2) is 6.67. The molecule has 0 aliphatic heterocycles. The summed E-state index contributed by atoms with van der Waals surface area (Å²) in [5, 5.41) is 6.32. The van der Waals surface area contributed by atoms with Gasteiger partial charge in [-0.25, -0.2) is 4.98 Å². The van der Waals surface area contributed by atoms with Crippen molar-refractivity contribution in [2.24, 2.45) is 0 Å². The molecule has 0 fully saturated rings. The lowest BCUT2D eigenvalue weighted by atomic mass is 10.2. The first-order valence-corrected chi connectivity index (χ1v) is 9.01. The summed E-state index contributed by atoms with van der Waals surface area (Å²) in [5.41, 5.74) is 3.32. The summed E-state index contributed by atoms with van der Waals surface area (Å²) >= 11 is 7.74. The van der Waals surface area contributed by atoms with E-state index >= 15 is 0 Å². The molecule has 0 aliphatic rings. The molecule has 0 spiro atoms. The van der Waals surface area contributed by atoms with Crippen LogP contribution in [0.3, 0.4) is 0 Å². The molecule has 3 nitrogen and oxygen atoms in total. The van der Waals surface area contributed by atoms with E-state index in [1.807, 2.05) is 30.3 Å². The van der Waals surface area contributed by atoms with Crippen LogP contribution in [0.4, 0.5) is 5.95 Å². The number of halogens is 1. The highest BCUT2D eigenvalue weighted by molar-refractivity contribution is 7.09. The average molecular weight is 354 g/mol. The number of anilines is 1. The fourth-order valence-electron chi connectivity index (χ4n) is 2.72. The maximum absolute atomic E-state index is 6.00. The van der Waals surface area contributed by atoms with Gasteiger partial charge < -0.3 is 9.88 Å². The number of rotatable bonds is 5. The van der Waals surface area contributed by atoms with Gasteiger partial charge in [0.1, 0.15) is 0 Å². The van der Waals surface area contributed by atoms with Crippen LogP contribution < -0.4 is 5.32 Å². The third-order valence-electron chi connectivity index (χ3n) is 3.91. The zero-order valence-electron chi connectivity index (χ0n) is 12.9. The highest BCUT2D eigenvalue weighted by Gasteiger charge is 2.11. The number of imidazole rings is 1. The van der Waals surface area contributed by atoms with Crippen LogP contribution in [0.5, 0.6) is 0 Å². The van der Waals surface area contributed by atoms with Crippen LogP contribution in [0.25, 0.3) is 11.0 Å². The Morgan fingerprint density at radius 2 is 1.83 bits per heavy atom. The van der Waals surface area contributed by atoms with Crippen LogP contribution >= 0.6 is 22.9 Å². The van der Waals surface area contributed by atoms with Gasteiger partial charge in [0.2, 0.25) is 5.95 Å². The molecule has 0 amide bonds. The molecule has 2 heterocycles. The van der Waals surface area contributed by atoms with Crippen molar-refractivity contribution in [2.75, 3.05) is 5.32 Å². The Bertz CT molecular complexity index is 943. The molecule has 2 aromatic heterocycles. The minimum atomic E-state index is 0.754. The summed E-state index contributed by atoms with van der Waals surface area (Å²) in [5.74, 6) is 0.888. The summed E-state index contributed by atoms with van der Waals surface area (Å²) < 4.78 is 2.21. The van der Waals surface area contributed by atoms with Crippen LogP contribution in [0.15, 0.2) is 66.0 Å². The number of hydrogen-bond acceptors (Lipinski definition) is 3. The molecule has 4 aromatic rings. The number of nitrogens with one attached hydrogen (secondary N) is 1. The Morgan fingerprint density at radius 1 is 1.00 bits per heavy atom. The Balaban J connectivity index is 1.68. The van der Waals surface area contributed by atoms with E-state index in [0.29, 0.717) is 0 Å². The maximum Gasteiger partial charge on any atom is 0.204 e. The molecule has 0 atom stereocenters. The Morgan fingerprint density at radius 3 is 2.62 bits per heavy atom. The predicted molar refractivity (Wildman–Crippen MR) is 102 cm³/mol. The van der Waals surface area contributed by atoms with Gasteiger partial charge in [-0.3, -0.25) is 0 Å². The van der Waals surface area contributed by atoms with E-state index in [4.69, 9.17) is 16.6 Å². The summed E-state index contributed by atoms with van der Waals surface area (Å²) in [6, 6.07) is 20.4. The van der Waals surface area contributed by atoms with Crippen molar-refractivity contribution in [3.63, 3.8) is 0 Å². The first-order valence-electron chi connectivity index (χ1n) is 7.75. The van der Waals surface area contributed by atoms with Gasteiger partial charge >= 0.3 is 0 Å². The lowest BCUT2D eigenvalue weighted by Crippen LogP contribution is -2.08. The highest BCUT2D eigenvalue weighted by Crippen LogP contribution is 2.23. The van der Waals surface area contributed by atoms with Gasteiger partial charge in [0, 0.05) is 9.90 Å². The van der Waals surface area contributed by atoms with E-state index in [2.05, 4.69) is 45.6 Å². The van der Waals surface area contributed by atoms with Gasteiger partial charge in [0.05, 0.1) is 24.1 Å². The van der Waals surface area contributed by atoms with Crippen LogP contribution in [0, 0.1) is 0 Å². The molecular formula is C19H16ClN3S. The SMILES string of the molecule is Clc1ccc(Cn2c(NCc3cccs3)nc3ccccc32)cc1. The number of aromatic nitrogens is 2. The molecule has 120 valence electrons. The monoisotopic (exact) mass is 353 g/mol. The normalized spacial score (nSPS) is 11.0. The van der Waals surface area contributed by atoms with Crippen LogP contribution in [0.2, 0.25) is 5.02 Å². The van der Waals surface area contributed by atoms with Crippen molar-refractivity contribution in [1.82, 2.24) is 9.55 Å². The summed E-state index contributed by atoms with van der Waals surface area (Å²) in [7, 11) is 0. The molecule has 5 heteroatoms. The van der Waals surface area contributed by atoms with Gasteiger partial charge in [-0.2, -0.15) is 0 Å². The predicted octanol–water partition coefficient (Wildman–Crippen LogP) is 5.41. The number of benzene rings is 2. The van der Waals surface area contributed by atoms with Crippen molar-refractivity contribution >= 4 is 39.9 Å². The van der Waals surface area contributed by atoms with Crippen molar-refractivity contribution in [3.8, 4) is 0 Å². The largest absolute Gasteiger partial charge is 0.351 e. The topological polar surface area (TPSA) is 29.9 Å². The number of hydrogen-bond donors (Lipinski definition) is 1. The smallest absolute Gasteiger partial charge is 0.204 e. The molecular weight excluding hydrogens is 338 g/mol. The van der Waals surface area contributed by atoms with Gasteiger partial charge in [-0.15, -0.1) is 11.3 Å². The molecule has 0 aliphatic carbocycles. The summed E-state index contributed by atoms with van der Waals surface area (Å²) in [6.07, 6.45) is 0. The standard InChI is InChI=1S/C19H16ClN3S/c20-15-9-7-14(8-10-15)13-23-18-6-2-1-5-17(18)22-19(23)21-12-16-4-3-11-24-16/h1-11H,12-13H2,(H,21,22). The van der Waals surface area contributed by atoms with E-state index < -0.39 is 0 Å². The lowest BCUT2D eigenvalue weighted by molar-refractivity contribution is 0.823. The second-order valence-corrected chi connectivity index (χ2v) is 7.04. The molecule has 24 heavy (non-hydrogen) atoms. The number of nitrogens with zero attached hydrogens (tertiary/aromatic N) is 2. The molecule has 0 unspecified atom stereocenters. The Hall–Kier alpha value is -2.30. The lowest BCUT2D eigenvalue weighted by Gasteiger charge is -2.11. The minimum absolute atomic E-state index is 0.754. The maximum atomic E-state index is 6.00. The van der Waals surface area contributed by atoms with Crippen molar-refractivity contribution < 1.29 is 0 Å². The van der Waals surface area contributed by atoms with Gasteiger partial charge in [0.25, 0.3) is 0 Å². The fourth-order valence-corrected chi connectivity index (χ4v) is 3.49. The van der Waals surface area contributed by atoms with Crippen molar-refractivity contribution in [2.45, 2.75) is 13.1 Å². The van der Waals surface area contributed by atoms with Crippen molar-refractivity contribution in [3.05, 3.63) is 81.5 Å².